The second kappa shape index (κ2) is 23.0. The first-order valence-electron chi connectivity index (χ1n) is 15.0. The molecule has 2 N–H and O–H groups in total. The molecule has 0 radical (unpaired) electrons. The lowest BCUT2D eigenvalue weighted by Crippen LogP contribution is -2.49. The van der Waals surface area contributed by atoms with Crippen LogP contribution in [0.5, 0.6) is 0 Å². The highest BCUT2D eigenvalue weighted by molar-refractivity contribution is 5.72. The van der Waals surface area contributed by atoms with Gasteiger partial charge in [-0.05, 0) is 19.3 Å². The Balaban J connectivity index is 2.92. The van der Waals surface area contributed by atoms with Gasteiger partial charge in [0.2, 0.25) is 0 Å². The summed E-state index contributed by atoms with van der Waals surface area (Å²) in [5.74, 6) is -0.695. The first kappa shape index (κ1) is 35.2. The van der Waals surface area contributed by atoms with Crippen LogP contribution in [-0.4, -0.2) is 142 Å². The molecular formula is C28H55N5O6. The Labute approximate surface area is 236 Å². The standard InChI is InChI=1S/C28H55N5O6/c1-4-7-20-37-26(34)23-31-14-12-30(11-10-29)13-15-32(24-27(35)38-21-8-5-2)17-19-33(18-16-31)25-28(36)39-22-9-6-3/h4-25,29H2,1-3H3. The van der Waals surface area contributed by atoms with Crippen molar-refractivity contribution in [1.29, 1.82) is 0 Å². The molecule has 1 aliphatic rings. The second-order valence-corrected chi connectivity index (χ2v) is 10.2. The van der Waals surface area contributed by atoms with Crippen molar-refractivity contribution in [2.24, 2.45) is 5.73 Å². The van der Waals surface area contributed by atoms with Gasteiger partial charge in [-0.1, -0.05) is 40.0 Å². The zero-order valence-corrected chi connectivity index (χ0v) is 24.9. The molecule has 0 saturated carbocycles. The molecule has 0 aromatic rings. The lowest BCUT2D eigenvalue weighted by molar-refractivity contribution is -0.147. The Bertz CT molecular complexity index is 628. The predicted molar refractivity (Wildman–Crippen MR) is 152 cm³/mol. The quantitative estimate of drug-likeness (QED) is 0.158. The minimum atomic E-state index is -0.249. The summed E-state index contributed by atoms with van der Waals surface area (Å²) in [7, 11) is 0. The van der Waals surface area contributed by atoms with Crippen LogP contribution in [0.25, 0.3) is 0 Å². The number of nitrogens with zero attached hydrogens (tertiary/aromatic N) is 4. The van der Waals surface area contributed by atoms with Crippen LogP contribution >= 0.6 is 0 Å². The molecule has 0 spiro atoms. The van der Waals surface area contributed by atoms with Crippen LogP contribution in [0, 0.1) is 0 Å². The van der Waals surface area contributed by atoms with Gasteiger partial charge in [0.05, 0.1) is 39.5 Å². The Morgan fingerprint density at radius 2 is 0.821 bits per heavy atom. The van der Waals surface area contributed by atoms with Gasteiger partial charge in [0.25, 0.3) is 0 Å². The number of ether oxygens (including phenoxy) is 3. The smallest absolute Gasteiger partial charge is 0.320 e. The normalized spacial score (nSPS) is 17.2. The van der Waals surface area contributed by atoms with Crippen molar-refractivity contribution < 1.29 is 28.6 Å². The Morgan fingerprint density at radius 1 is 0.538 bits per heavy atom. The maximum atomic E-state index is 12.5. The highest BCUT2D eigenvalue weighted by Gasteiger charge is 2.21. The van der Waals surface area contributed by atoms with Crippen LogP contribution in [0.3, 0.4) is 0 Å². The number of rotatable bonds is 17. The number of carbonyl (C=O) groups excluding carboxylic acids is 3. The fraction of sp³-hybridized carbons (Fsp3) is 0.893. The third-order valence-electron chi connectivity index (χ3n) is 6.72. The van der Waals surface area contributed by atoms with Crippen molar-refractivity contribution in [3.8, 4) is 0 Å². The maximum Gasteiger partial charge on any atom is 0.320 e. The third-order valence-corrected chi connectivity index (χ3v) is 6.72. The maximum absolute atomic E-state index is 12.5. The molecule has 1 fully saturated rings. The summed E-state index contributed by atoms with van der Waals surface area (Å²) in [6.07, 6.45) is 5.46. The fourth-order valence-corrected chi connectivity index (χ4v) is 4.13. The van der Waals surface area contributed by atoms with Crippen molar-refractivity contribution >= 4 is 17.9 Å². The topological polar surface area (TPSA) is 118 Å². The summed E-state index contributed by atoms with van der Waals surface area (Å²) >= 11 is 0. The van der Waals surface area contributed by atoms with Gasteiger partial charge in [-0.3, -0.25) is 34.0 Å². The number of carbonyl (C=O) groups is 3. The van der Waals surface area contributed by atoms with Gasteiger partial charge in [0, 0.05) is 65.4 Å². The first-order chi connectivity index (χ1) is 18.9. The molecule has 1 rings (SSSR count). The molecule has 1 aliphatic heterocycles. The van der Waals surface area contributed by atoms with Crippen LogP contribution < -0.4 is 5.73 Å². The SMILES string of the molecule is CCCCOC(=O)CN1CCN(CCN)CCN(CC(=O)OCCCC)CCN(CC(=O)OCCCC)CC1. The van der Waals surface area contributed by atoms with E-state index in [1.165, 1.54) is 0 Å². The van der Waals surface area contributed by atoms with E-state index in [1.54, 1.807) is 0 Å². The second-order valence-electron chi connectivity index (χ2n) is 10.2. The Kier molecular flexibility index (Phi) is 20.8. The van der Waals surface area contributed by atoms with Gasteiger partial charge in [-0.2, -0.15) is 0 Å². The van der Waals surface area contributed by atoms with E-state index < -0.39 is 0 Å². The van der Waals surface area contributed by atoms with Crippen molar-refractivity contribution in [3.63, 3.8) is 0 Å². The molecule has 0 bridgehead atoms. The predicted octanol–water partition coefficient (Wildman–Crippen LogP) is 1.20. The number of esters is 3. The van der Waals surface area contributed by atoms with Gasteiger partial charge in [0.1, 0.15) is 0 Å². The van der Waals surface area contributed by atoms with Crippen LogP contribution in [0.2, 0.25) is 0 Å². The molecule has 0 atom stereocenters. The van der Waals surface area contributed by atoms with Gasteiger partial charge in [-0.25, -0.2) is 0 Å². The lowest BCUT2D eigenvalue weighted by Gasteiger charge is -2.33. The zero-order chi connectivity index (χ0) is 28.7. The van der Waals surface area contributed by atoms with Gasteiger partial charge in [-0.15, -0.1) is 0 Å². The van der Waals surface area contributed by atoms with E-state index in [4.69, 9.17) is 19.9 Å². The molecule has 39 heavy (non-hydrogen) atoms. The average molecular weight is 558 g/mol. The molecule has 0 aromatic heterocycles. The average Bonchev–Trinajstić information content (AvgIpc) is 2.90. The van der Waals surface area contributed by atoms with Crippen molar-refractivity contribution in [2.75, 3.05) is 105 Å². The van der Waals surface area contributed by atoms with Crippen molar-refractivity contribution in [1.82, 2.24) is 19.6 Å². The molecule has 1 saturated heterocycles. The molecule has 1 heterocycles. The molecule has 0 amide bonds. The fourth-order valence-electron chi connectivity index (χ4n) is 4.13. The van der Waals surface area contributed by atoms with Gasteiger partial charge < -0.3 is 19.9 Å². The molecule has 11 nitrogen and oxygen atoms in total. The third kappa shape index (κ3) is 18.2. The van der Waals surface area contributed by atoms with Crippen LogP contribution in [-0.2, 0) is 28.6 Å². The summed E-state index contributed by atoms with van der Waals surface area (Å²) in [6.45, 7) is 14.6. The Morgan fingerprint density at radius 3 is 1.08 bits per heavy atom. The van der Waals surface area contributed by atoms with Crippen LogP contribution in [0.15, 0.2) is 0 Å². The highest BCUT2D eigenvalue weighted by atomic mass is 16.5. The minimum absolute atomic E-state index is 0.173. The van der Waals surface area contributed by atoms with E-state index in [9.17, 15) is 14.4 Å². The van der Waals surface area contributed by atoms with Crippen LogP contribution in [0.1, 0.15) is 59.3 Å². The molecule has 0 aromatic carbocycles. The number of hydrogen-bond acceptors (Lipinski definition) is 11. The minimum Gasteiger partial charge on any atom is -0.465 e. The zero-order valence-electron chi connectivity index (χ0n) is 24.9. The first-order valence-corrected chi connectivity index (χ1v) is 15.0. The summed E-state index contributed by atoms with van der Waals surface area (Å²) in [6, 6.07) is 0. The highest BCUT2D eigenvalue weighted by Crippen LogP contribution is 2.03. The Hall–Kier alpha value is -1.79. The van der Waals surface area contributed by atoms with E-state index in [1.807, 2.05) is 0 Å². The molecule has 228 valence electrons. The number of unbranched alkanes of at least 4 members (excludes halogenated alkanes) is 3. The monoisotopic (exact) mass is 557 g/mol. The van der Waals surface area contributed by atoms with E-state index in [-0.39, 0.29) is 37.5 Å². The molecule has 0 unspecified atom stereocenters. The summed E-state index contributed by atoms with van der Waals surface area (Å²) in [5, 5.41) is 0. The van der Waals surface area contributed by atoms with Gasteiger partial charge in [0.15, 0.2) is 0 Å². The summed E-state index contributed by atoms with van der Waals surface area (Å²) in [4.78, 5) is 46.0. The van der Waals surface area contributed by atoms with Crippen LogP contribution in [0.4, 0.5) is 0 Å². The van der Waals surface area contributed by atoms with Crippen molar-refractivity contribution in [2.45, 2.75) is 59.3 Å². The van der Waals surface area contributed by atoms with Crippen molar-refractivity contribution in [3.05, 3.63) is 0 Å². The summed E-state index contributed by atoms with van der Waals surface area (Å²) < 4.78 is 16.2. The summed E-state index contributed by atoms with van der Waals surface area (Å²) in [5.41, 5.74) is 5.88. The van der Waals surface area contributed by atoms with Gasteiger partial charge >= 0.3 is 17.9 Å². The number of hydrogen-bond donors (Lipinski definition) is 1. The van der Waals surface area contributed by atoms with E-state index in [2.05, 4.69) is 40.4 Å². The number of nitrogens with two attached hydrogens (primary N) is 1. The molecule has 11 heteroatoms. The largest absolute Gasteiger partial charge is 0.465 e. The van der Waals surface area contributed by atoms with E-state index >= 15 is 0 Å². The lowest BCUT2D eigenvalue weighted by atomic mass is 10.3. The van der Waals surface area contributed by atoms with E-state index in [0.717, 1.165) is 58.2 Å². The molecule has 0 aliphatic carbocycles. The molecular weight excluding hydrogens is 502 g/mol. The van der Waals surface area contributed by atoms with E-state index in [0.29, 0.717) is 65.6 Å².